The van der Waals surface area contributed by atoms with Crippen molar-refractivity contribution in [1.29, 1.82) is 0 Å². The minimum Gasteiger partial charge on any atom is -0.195 e. The molecule has 0 spiro atoms. The lowest BCUT2D eigenvalue weighted by Crippen LogP contribution is -1.92. The molecule has 2 aromatic carbocycles. The number of hydrogen-bond acceptors (Lipinski definition) is 4. The lowest BCUT2D eigenvalue weighted by Gasteiger charge is -2.01. The summed E-state index contributed by atoms with van der Waals surface area (Å²) >= 11 is 1.62. The van der Waals surface area contributed by atoms with Crippen molar-refractivity contribution < 1.29 is 0 Å². The van der Waals surface area contributed by atoms with E-state index in [0.29, 0.717) is 0 Å². The molecule has 0 fully saturated rings. The third-order valence-corrected chi connectivity index (χ3v) is 4.12. The summed E-state index contributed by atoms with van der Waals surface area (Å²) < 4.78 is 1.70. The molecular formula is C17H16N4S. The highest BCUT2D eigenvalue weighted by Crippen LogP contribution is 2.20. The number of aromatic nitrogens is 3. The fraction of sp³-hybridized carbons (Fsp3) is 0.118. The van der Waals surface area contributed by atoms with E-state index in [-0.39, 0.29) is 0 Å². The largest absolute Gasteiger partial charge is 0.212 e. The molecule has 0 aliphatic heterocycles. The molecule has 22 heavy (non-hydrogen) atoms. The van der Waals surface area contributed by atoms with Gasteiger partial charge >= 0.3 is 0 Å². The van der Waals surface area contributed by atoms with E-state index in [1.54, 1.807) is 22.8 Å². The van der Waals surface area contributed by atoms with Crippen molar-refractivity contribution in [3.05, 3.63) is 77.6 Å². The van der Waals surface area contributed by atoms with Gasteiger partial charge in [0.1, 0.15) is 6.33 Å². The van der Waals surface area contributed by atoms with Gasteiger partial charge in [0.2, 0.25) is 5.16 Å². The second-order valence-electron chi connectivity index (χ2n) is 4.89. The van der Waals surface area contributed by atoms with Gasteiger partial charge in [-0.1, -0.05) is 71.9 Å². The lowest BCUT2D eigenvalue weighted by molar-refractivity contribution is 0.767. The van der Waals surface area contributed by atoms with Crippen molar-refractivity contribution in [3.8, 4) is 0 Å². The first-order valence-electron chi connectivity index (χ1n) is 6.99. The fourth-order valence-corrected chi connectivity index (χ4v) is 2.72. The van der Waals surface area contributed by atoms with Crippen LogP contribution in [0.3, 0.4) is 0 Å². The van der Waals surface area contributed by atoms with Crippen LogP contribution in [0.4, 0.5) is 0 Å². The standard InChI is InChI=1S/C17H16N4S/c1-14-7-9-15(10-8-14)11-19-21-13-18-20-17(21)22-12-16-5-3-2-4-6-16/h2-11,13H,12H2,1H3/b19-11+. The molecule has 0 N–H and O–H groups in total. The van der Waals surface area contributed by atoms with Gasteiger partial charge in [0.15, 0.2) is 0 Å². The minimum atomic E-state index is 0.784. The van der Waals surface area contributed by atoms with Crippen molar-refractivity contribution >= 4 is 18.0 Å². The van der Waals surface area contributed by atoms with Gasteiger partial charge in [-0.3, -0.25) is 0 Å². The van der Waals surface area contributed by atoms with Crippen molar-refractivity contribution in [2.24, 2.45) is 5.10 Å². The molecule has 0 radical (unpaired) electrons. The third kappa shape index (κ3) is 3.83. The molecule has 1 heterocycles. The van der Waals surface area contributed by atoms with Gasteiger partial charge in [0, 0.05) is 5.75 Å². The summed E-state index contributed by atoms with van der Waals surface area (Å²) in [4.78, 5) is 0. The Bertz CT molecular complexity index is 748. The predicted octanol–water partition coefficient (Wildman–Crippen LogP) is 3.76. The second-order valence-corrected chi connectivity index (χ2v) is 5.83. The molecule has 0 saturated carbocycles. The first kappa shape index (κ1) is 14.5. The molecule has 4 nitrogen and oxygen atoms in total. The van der Waals surface area contributed by atoms with Crippen LogP contribution in [0.25, 0.3) is 0 Å². The number of rotatable bonds is 5. The second kappa shape index (κ2) is 7.04. The van der Waals surface area contributed by atoms with Crippen molar-refractivity contribution in [2.75, 3.05) is 0 Å². The molecule has 5 heteroatoms. The van der Waals surface area contributed by atoms with Crippen LogP contribution in [0.5, 0.6) is 0 Å². The summed E-state index contributed by atoms with van der Waals surface area (Å²) in [5.74, 6) is 0.847. The highest BCUT2D eigenvalue weighted by Gasteiger charge is 2.04. The van der Waals surface area contributed by atoms with Crippen molar-refractivity contribution in [3.63, 3.8) is 0 Å². The Kier molecular flexibility index (Phi) is 4.65. The van der Waals surface area contributed by atoms with E-state index < -0.39 is 0 Å². The number of nitrogens with zero attached hydrogens (tertiary/aromatic N) is 4. The van der Waals surface area contributed by atoms with Gasteiger partial charge in [-0.25, -0.2) is 0 Å². The zero-order valence-corrected chi connectivity index (χ0v) is 13.1. The van der Waals surface area contributed by atoms with Crippen molar-refractivity contribution in [1.82, 2.24) is 14.9 Å². The van der Waals surface area contributed by atoms with E-state index in [9.17, 15) is 0 Å². The molecule has 0 atom stereocenters. The number of benzene rings is 2. The maximum absolute atomic E-state index is 4.42. The Labute approximate surface area is 133 Å². The van der Waals surface area contributed by atoms with Gasteiger partial charge in [0.05, 0.1) is 6.21 Å². The Morgan fingerprint density at radius 3 is 2.64 bits per heavy atom. The van der Waals surface area contributed by atoms with Crippen LogP contribution in [0.1, 0.15) is 16.7 Å². The summed E-state index contributed by atoms with van der Waals surface area (Å²) in [5, 5.41) is 13.3. The molecule has 0 amide bonds. The topological polar surface area (TPSA) is 43.1 Å². The Morgan fingerprint density at radius 1 is 1.09 bits per heavy atom. The molecule has 0 saturated heterocycles. The van der Waals surface area contributed by atoms with Gasteiger partial charge in [-0.05, 0) is 18.1 Å². The average molecular weight is 308 g/mol. The van der Waals surface area contributed by atoms with Crippen LogP contribution in [-0.4, -0.2) is 21.1 Å². The van der Waals surface area contributed by atoms with E-state index in [4.69, 9.17) is 0 Å². The van der Waals surface area contributed by atoms with E-state index in [0.717, 1.165) is 16.5 Å². The Morgan fingerprint density at radius 2 is 1.86 bits per heavy atom. The number of hydrogen-bond donors (Lipinski definition) is 0. The maximum Gasteiger partial charge on any atom is 0.212 e. The normalized spacial score (nSPS) is 11.1. The smallest absolute Gasteiger partial charge is 0.195 e. The van der Waals surface area contributed by atoms with Crippen LogP contribution in [-0.2, 0) is 5.75 Å². The van der Waals surface area contributed by atoms with Gasteiger partial charge in [-0.15, -0.1) is 10.2 Å². The van der Waals surface area contributed by atoms with E-state index in [1.807, 2.05) is 36.5 Å². The third-order valence-electron chi connectivity index (χ3n) is 3.12. The molecule has 0 unspecified atom stereocenters. The fourth-order valence-electron chi connectivity index (χ4n) is 1.90. The average Bonchev–Trinajstić information content (AvgIpc) is 3.01. The highest BCUT2D eigenvalue weighted by molar-refractivity contribution is 7.98. The van der Waals surface area contributed by atoms with E-state index in [1.165, 1.54) is 11.1 Å². The number of thioether (sulfide) groups is 1. The van der Waals surface area contributed by atoms with Gasteiger partial charge < -0.3 is 0 Å². The van der Waals surface area contributed by atoms with Crippen LogP contribution in [0, 0.1) is 6.92 Å². The van der Waals surface area contributed by atoms with E-state index >= 15 is 0 Å². The maximum atomic E-state index is 4.42. The first-order chi connectivity index (χ1) is 10.8. The molecule has 3 rings (SSSR count). The van der Waals surface area contributed by atoms with Crippen LogP contribution < -0.4 is 0 Å². The van der Waals surface area contributed by atoms with Gasteiger partial charge in [0.25, 0.3) is 0 Å². The van der Waals surface area contributed by atoms with E-state index in [2.05, 4.69) is 46.5 Å². The van der Waals surface area contributed by atoms with Crippen LogP contribution in [0.15, 0.2) is 71.2 Å². The predicted molar refractivity (Wildman–Crippen MR) is 90.2 cm³/mol. The van der Waals surface area contributed by atoms with Crippen LogP contribution in [0.2, 0.25) is 0 Å². The summed E-state index contributed by atoms with van der Waals surface area (Å²) in [6.45, 7) is 2.07. The molecule has 110 valence electrons. The summed E-state index contributed by atoms with van der Waals surface area (Å²) in [5.41, 5.74) is 3.54. The van der Waals surface area contributed by atoms with Gasteiger partial charge in [-0.2, -0.15) is 9.78 Å². The summed E-state index contributed by atoms with van der Waals surface area (Å²) in [6, 6.07) is 18.5. The molecule has 0 bridgehead atoms. The first-order valence-corrected chi connectivity index (χ1v) is 7.97. The highest BCUT2D eigenvalue weighted by atomic mass is 32.2. The van der Waals surface area contributed by atoms with Crippen molar-refractivity contribution in [2.45, 2.75) is 17.8 Å². The number of aryl methyl sites for hydroxylation is 1. The Hall–Kier alpha value is -2.40. The van der Waals surface area contributed by atoms with Crippen LogP contribution >= 0.6 is 11.8 Å². The molecule has 0 aliphatic rings. The zero-order valence-electron chi connectivity index (χ0n) is 12.3. The lowest BCUT2D eigenvalue weighted by atomic mass is 10.2. The molecular weight excluding hydrogens is 292 g/mol. The SMILES string of the molecule is Cc1ccc(/C=N/n2cnnc2SCc2ccccc2)cc1. The zero-order chi connectivity index (χ0) is 15.2. The monoisotopic (exact) mass is 308 g/mol. The summed E-state index contributed by atoms with van der Waals surface area (Å²) in [7, 11) is 0. The summed E-state index contributed by atoms with van der Waals surface area (Å²) in [6.07, 6.45) is 3.44. The molecule has 3 aromatic rings. The quantitative estimate of drug-likeness (QED) is 0.532. The minimum absolute atomic E-state index is 0.784. The Balaban J connectivity index is 1.68. The molecule has 1 aromatic heterocycles. The molecule has 0 aliphatic carbocycles.